The molecule has 1 amide bonds. The van der Waals surface area contributed by atoms with Crippen molar-refractivity contribution < 1.29 is 14.3 Å². The predicted octanol–water partition coefficient (Wildman–Crippen LogP) is 6.31. The summed E-state index contributed by atoms with van der Waals surface area (Å²) in [6.07, 6.45) is 0. The second kappa shape index (κ2) is 9.39. The zero-order chi connectivity index (χ0) is 22.7. The summed E-state index contributed by atoms with van der Waals surface area (Å²) >= 11 is 12.1. The van der Waals surface area contributed by atoms with Gasteiger partial charge in [-0.2, -0.15) is 0 Å². The normalized spacial score (nSPS) is 10.7. The number of carbonyl (C=O) groups is 2. The van der Waals surface area contributed by atoms with Crippen LogP contribution in [0, 0.1) is 6.92 Å². The SMILES string of the molecule is Cc1c(Cl)cccc1NC(=O)COC(=O)c1cc(-c2ccc(Cl)cc2)nc2ccccc12. The van der Waals surface area contributed by atoms with Gasteiger partial charge in [0.05, 0.1) is 16.8 Å². The maximum absolute atomic E-state index is 12.9. The number of ether oxygens (including phenoxy) is 1. The Morgan fingerprint density at radius 3 is 2.50 bits per heavy atom. The molecule has 1 N–H and O–H groups in total. The van der Waals surface area contributed by atoms with E-state index in [0.29, 0.717) is 37.9 Å². The summed E-state index contributed by atoms with van der Waals surface area (Å²) in [6, 6.07) is 21.3. The van der Waals surface area contributed by atoms with Crippen molar-refractivity contribution in [3.63, 3.8) is 0 Å². The van der Waals surface area contributed by atoms with Crippen LogP contribution in [0.4, 0.5) is 5.69 Å². The molecule has 0 unspecified atom stereocenters. The fourth-order valence-corrected chi connectivity index (χ4v) is 3.55. The lowest BCUT2D eigenvalue weighted by Gasteiger charge is -2.12. The largest absolute Gasteiger partial charge is 0.452 e. The molecule has 160 valence electrons. The zero-order valence-corrected chi connectivity index (χ0v) is 18.6. The number of esters is 1. The molecule has 0 aliphatic carbocycles. The Morgan fingerprint density at radius 1 is 0.969 bits per heavy atom. The first kappa shape index (κ1) is 21.8. The smallest absolute Gasteiger partial charge is 0.339 e. The van der Waals surface area contributed by atoms with Gasteiger partial charge in [0.15, 0.2) is 6.61 Å². The van der Waals surface area contributed by atoms with Crippen LogP contribution in [-0.2, 0) is 9.53 Å². The minimum absolute atomic E-state index is 0.326. The van der Waals surface area contributed by atoms with Gasteiger partial charge < -0.3 is 10.1 Å². The number of halogens is 2. The molecule has 4 aromatic rings. The topological polar surface area (TPSA) is 68.3 Å². The minimum atomic E-state index is -0.614. The molecule has 0 spiro atoms. The van der Waals surface area contributed by atoms with Gasteiger partial charge in [0.25, 0.3) is 5.91 Å². The van der Waals surface area contributed by atoms with E-state index >= 15 is 0 Å². The van der Waals surface area contributed by atoms with Gasteiger partial charge in [-0.25, -0.2) is 9.78 Å². The highest BCUT2D eigenvalue weighted by molar-refractivity contribution is 6.31. The standard InChI is InChI=1S/C25H18Cl2N2O3/c1-15-20(27)6-4-8-21(15)29-24(30)14-32-25(31)19-13-23(16-9-11-17(26)12-10-16)28-22-7-3-2-5-18(19)22/h2-13H,14H2,1H3,(H,29,30). The molecule has 0 aliphatic rings. The Balaban J connectivity index is 1.56. The van der Waals surface area contributed by atoms with Gasteiger partial charge in [0.1, 0.15) is 0 Å². The number of pyridine rings is 1. The first-order valence-electron chi connectivity index (χ1n) is 9.80. The fraction of sp³-hybridized carbons (Fsp3) is 0.0800. The number of nitrogens with one attached hydrogen (secondary N) is 1. The predicted molar refractivity (Wildman–Crippen MR) is 127 cm³/mol. The van der Waals surface area contributed by atoms with Crippen molar-refractivity contribution in [3.8, 4) is 11.3 Å². The number of fused-ring (bicyclic) bond motifs is 1. The number of aromatic nitrogens is 1. The van der Waals surface area contributed by atoms with Crippen molar-refractivity contribution in [2.45, 2.75) is 6.92 Å². The number of carbonyl (C=O) groups excluding carboxylic acids is 2. The molecule has 5 nitrogen and oxygen atoms in total. The van der Waals surface area contributed by atoms with Crippen molar-refractivity contribution in [1.29, 1.82) is 0 Å². The molecule has 0 fully saturated rings. The summed E-state index contributed by atoms with van der Waals surface area (Å²) in [5, 5.41) is 4.50. The van der Waals surface area contributed by atoms with Crippen LogP contribution in [0.3, 0.4) is 0 Å². The second-order valence-electron chi connectivity index (χ2n) is 7.12. The summed E-state index contributed by atoms with van der Waals surface area (Å²) < 4.78 is 5.32. The van der Waals surface area contributed by atoms with E-state index in [-0.39, 0.29) is 0 Å². The number of hydrogen-bond donors (Lipinski definition) is 1. The molecule has 3 aromatic carbocycles. The molecule has 0 saturated heterocycles. The van der Waals surface area contributed by atoms with Crippen molar-refractivity contribution >= 4 is 51.7 Å². The molecule has 1 heterocycles. The van der Waals surface area contributed by atoms with Gasteiger partial charge in [0.2, 0.25) is 0 Å². The van der Waals surface area contributed by atoms with Gasteiger partial charge in [-0.05, 0) is 48.9 Å². The maximum Gasteiger partial charge on any atom is 0.339 e. The lowest BCUT2D eigenvalue weighted by atomic mass is 10.0. The first-order chi connectivity index (χ1) is 15.4. The van der Waals surface area contributed by atoms with Gasteiger partial charge in [0, 0.05) is 26.7 Å². The monoisotopic (exact) mass is 464 g/mol. The Bertz CT molecular complexity index is 1320. The first-order valence-corrected chi connectivity index (χ1v) is 10.6. The number of benzene rings is 3. The van der Waals surface area contributed by atoms with Crippen LogP contribution in [0.2, 0.25) is 10.0 Å². The van der Waals surface area contributed by atoms with E-state index in [9.17, 15) is 9.59 Å². The van der Waals surface area contributed by atoms with Crippen LogP contribution in [0.15, 0.2) is 72.8 Å². The van der Waals surface area contributed by atoms with E-state index in [0.717, 1.165) is 11.1 Å². The Labute approximate surface area is 194 Å². The summed E-state index contributed by atoms with van der Waals surface area (Å²) in [4.78, 5) is 29.9. The third-order valence-corrected chi connectivity index (χ3v) is 5.61. The molecule has 0 aliphatic heterocycles. The summed E-state index contributed by atoms with van der Waals surface area (Å²) in [5.41, 5.74) is 3.69. The van der Waals surface area contributed by atoms with E-state index < -0.39 is 18.5 Å². The molecular formula is C25H18Cl2N2O3. The van der Waals surface area contributed by atoms with Crippen molar-refractivity contribution in [1.82, 2.24) is 4.98 Å². The lowest BCUT2D eigenvalue weighted by Crippen LogP contribution is -2.21. The van der Waals surface area contributed by atoms with E-state index in [1.54, 1.807) is 49.4 Å². The summed E-state index contributed by atoms with van der Waals surface area (Å²) in [7, 11) is 0. The highest BCUT2D eigenvalue weighted by Crippen LogP contribution is 2.27. The number of amides is 1. The third-order valence-electron chi connectivity index (χ3n) is 4.95. The molecule has 1 aromatic heterocycles. The van der Waals surface area contributed by atoms with E-state index in [1.807, 2.05) is 30.3 Å². The van der Waals surface area contributed by atoms with Crippen LogP contribution in [0.5, 0.6) is 0 Å². The average molecular weight is 465 g/mol. The van der Waals surface area contributed by atoms with Crippen LogP contribution in [-0.4, -0.2) is 23.5 Å². The quantitative estimate of drug-likeness (QED) is 0.351. The Hall–Kier alpha value is -3.41. The molecule has 4 rings (SSSR count). The highest BCUT2D eigenvalue weighted by atomic mass is 35.5. The zero-order valence-electron chi connectivity index (χ0n) is 17.1. The molecule has 7 heteroatoms. The van der Waals surface area contributed by atoms with Gasteiger partial charge in [-0.1, -0.05) is 59.6 Å². The number of nitrogens with zero attached hydrogens (tertiary/aromatic N) is 1. The van der Waals surface area contributed by atoms with Crippen molar-refractivity contribution in [3.05, 3.63) is 94.0 Å². The van der Waals surface area contributed by atoms with Crippen molar-refractivity contribution in [2.24, 2.45) is 0 Å². The van der Waals surface area contributed by atoms with Crippen LogP contribution < -0.4 is 5.32 Å². The number of anilines is 1. The molecule has 0 radical (unpaired) electrons. The van der Waals surface area contributed by atoms with Crippen LogP contribution >= 0.6 is 23.2 Å². The number of rotatable bonds is 5. The van der Waals surface area contributed by atoms with E-state index in [4.69, 9.17) is 27.9 Å². The van der Waals surface area contributed by atoms with Crippen LogP contribution in [0.1, 0.15) is 15.9 Å². The minimum Gasteiger partial charge on any atom is -0.452 e. The fourth-order valence-electron chi connectivity index (χ4n) is 3.25. The molecule has 0 bridgehead atoms. The Morgan fingerprint density at radius 2 is 1.72 bits per heavy atom. The molecule has 0 saturated carbocycles. The highest BCUT2D eigenvalue weighted by Gasteiger charge is 2.17. The summed E-state index contributed by atoms with van der Waals surface area (Å²) in [6.45, 7) is 1.36. The van der Waals surface area contributed by atoms with Crippen LogP contribution in [0.25, 0.3) is 22.2 Å². The Kier molecular flexibility index (Phi) is 6.40. The third kappa shape index (κ3) is 4.74. The molecule has 32 heavy (non-hydrogen) atoms. The second-order valence-corrected chi connectivity index (χ2v) is 7.96. The summed E-state index contributed by atoms with van der Waals surface area (Å²) in [5.74, 6) is -1.07. The van der Waals surface area contributed by atoms with E-state index in [1.165, 1.54) is 0 Å². The molecule has 0 atom stereocenters. The van der Waals surface area contributed by atoms with Crippen molar-refractivity contribution in [2.75, 3.05) is 11.9 Å². The molecular weight excluding hydrogens is 447 g/mol. The average Bonchev–Trinajstić information content (AvgIpc) is 2.80. The maximum atomic E-state index is 12.9. The van der Waals surface area contributed by atoms with E-state index in [2.05, 4.69) is 10.3 Å². The lowest BCUT2D eigenvalue weighted by molar-refractivity contribution is -0.119. The number of hydrogen-bond acceptors (Lipinski definition) is 4. The van der Waals surface area contributed by atoms with Gasteiger partial charge in [-0.15, -0.1) is 0 Å². The van der Waals surface area contributed by atoms with Gasteiger partial charge in [-0.3, -0.25) is 4.79 Å². The van der Waals surface area contributed by atoms with Gasteiger partial charge >= 0.3 is 5.97 Å². The number of para-hydroxylation sites is 1.